The van der Waals surface area contributed by atoms with E-state index in [1.807, 2.05) is 31.2 Å². The summed E-state index contributed by atoms with van der Waals surface area (Å²) in [7, 11) is 1.59. The van der Waals surface area contributed by atoms with Crippen molar-refractivity contribution in [1.82, 2.24) is 0 Å². The Morgan fingerprint density at radius 2 is 2.00 bits per heavy atom. The molecule has 1 aromatic carbocycles. The third kappa shape index (κ3) is 4.68. The van der Waals surface area contributed by atoms with E-state index in [1.54, 1.807) is 14.0 Å². The van der Waals surface area contributed by atoms with E-state index in [9.17, 15) is 9.59 Å². The molecule has 110 valence electrons. The van der Waals surface area contributed by atoms with Gasteiger partial charge in [-0.05, 0) is 37.5 Å². The highest BCUT2D eigenvalue weighted by Gasteiger charge is 2.27. The molecule has 0 aliphatic carbocycles. The van der Waals surface area contributed by atoms with E-state index in [4.69, 9.17) is 9.47 Å². The van der Waals surface area contributed by atoms with Crippen LogP contribution in [0.1, 0.15) is 32.3 Å². The van der Waals surface area contributed by atoms with Crippen LogP contribution in [0.3, 0.4) is 0 Å². The van der Waals surface area contributed by atoms with Crippen molar-refractivity contribution in [3.8, 4) is 5.75 Å². The molecule has 4 heteroatoms. The maximum Gasteiger partial charge on any atom is 0.316 e. The Bertz CT molecular complexity index is 436. The Morgan fingerprint density at radius 1 is 1.25 bits per heavy atom. The first-order valence-electron chi connectivity index (χ1n) is 6.94. The van der Waals surface area contributed by atoms with Gasteiger partial charge in [0.05, 0.1) is 13.7 Å². The smallest absolute Gasteiger partial charge is 0.316 e. The highest BCUT2D eigenvalue weighted by molar-refractivity contribution is 5.99. The normalized spacial score (nSPS) is 11.8. The minimum absolute atomic E-state index is 0.0613. The standard InChI is InChI=1S/C16H22O4/c1-4-7-15(17)14(16(18)20-5-2)11-12-8-6-9-13(10-12)19-3/h6,8-10,14H,4-5,7,11H2,1-3H3/t14-/m1/s1. The van der Waals surface area contributed by atoms with E-state index in [2.05, 4.69) is 0 Å². The van der Waals surface area contributed by atoms with Gasteiger partial charge in [-0.1, -0.05) is 19.1 Å². The second-order valence-corrected chi connectivity index (χ2v) is 4.58. The van der Waals surface area contributed by atoms with Crippen LogP contribution in [0.25, 0.3) is 0 Å². The van der Waals surface area contributed by atoms with Gasteiger partial charge >= 0.3 is 5.97 Å². The van der Waals surface area contributed by atoms with Crippen molar-refractivity contribution < 1.29 is 19.1 Å². The molecular weight excluding hydrogens is 256 g/mol. The molecule has 0 aliphatic heterocycles. The maximum atomic E-state index is 12.1. The minimum Gasteiger partial charge on any atom is -0.497 e. The predicted octanol–water partition coefficient (Wildman–Crippen LogP) is 2.79. The molecule has 0 amide bonds. The Hall–Kier alpha value is -1.84. The number of ketones is 1. The number of carbonyl (C=O) groups excluding carboxylic acids is 2. The maximum absolute atomic E-state index is 12.1. The molecule has 0 bridgehead atoms. The van der Waals surface area contributed by atoms with Gasteiger partial charge in [0.1, 0.15) is 17.5 Å². The summed E-state index contributed by atoms with van der Waals surface area (Å²) in [5, 5.41) is 0. The summed E-state index contributed by atoms with van der Waals surface area (Å²) in [5.74, 6) is -0.502. The summed E-state index contributed by atoms with van der Waals surface area (Å²) < 4.78 is 10.2. The summed E-state index contributed by atoms with van der Waals surface area (Å²) in [6.45, 7) is 3.95. The first-order valence-corrected chi connectivity index (χ1v) is 6.94. The average Bonchev–Trinajstić information content (AvgIpc) is 2.45. The third-order valence-corrected chi connectivity index (χ3v) is 3.03. The number of esters is 1. The Kier molecular flexibility index (Phi) is 6.77. The fourth-order valence-corrected chi connectivity index (χ4v) is 2.03. The zero-order valence-electron chi connectivity index (χ0n) is 12.3. The largest absolute Gasteiger partial charge is 0.497 e. The van der Waals surface area contributed by atoms with E-state index in [0.717, 1.165) is 12.0 Å². The van der Waals surface area contributed by atoms with Crippen LogP contribution in [0.15, 0.2) is 24.3 Å². The van der Waals surface area contributed by atoms with Gasteiger partial charge in [-0.2, -0.15) is 0 Å². The van der Waals surface area contributed by atoms with Gasteiger partial charge in [-0.3, -0.25) is 9.59 Å². The summed E-state index contributed by atoms with van der Waals surface area (Å²) in [5.41, 5.74) is 0.895. The fraction of sp³-hybridized carbons (Fsp3) is 0.500. The zero-order chi connectivity index (χ0) is 15.0. The number of hydrogen-bond acceptors (Lipinski definition) is 4. The van der Waals surface area contributed by atoms with Gasteiger partial charge in [-0.25, -0.2) is 0 Å². The number of methoxy groups -OCH3 is 1. The van der Waals surface area contributed by atoms with Crippen LogP contribution in [-0.4, -0.2) is 25.5 Å². The number of benzene rings is 1. The lowest BCUT2D eigenvalue weighted by Gasteiger charge is -2.14. The van der Waals surface area contributed by atoms with Crippen LogP contribution < -0.4 is 4.74 Å². The molecule has 1 rings (SSSR count). The highest BCUT2D eigenvalue weighted by Crippen LogP contribution is 2.18. The van der Waals surface area contributed by atoms with Crippen molar-refractivity contribution >= 4 is 11.8 Å². The Balaban J connectivity index is 2.87. The number of hydrogen-bond donors (Lipinski definition) is 0. The molecule has 0 fully saturated rings. The van der Waals surface area contributed by atoms with Crippen molar-refractivity contribution in [2.75, 3.05) is 13.7 Å². The van der Waals surface area contributed by atoms with Crippen molar-refractivity contribution in [3.05, 3.63) is 29.8 Å². The van der Waals surface area contributed by atoms with Crippen molar-refractivity contribution in [3.63, 3.8) is 0 Å². The van der Waals surface area contributed by atoms with E-state index in [0.29, 0.717) is 18.6 Å². The van der Waals surface area contributed by atoms with Gasteiger partial charge in [-0.15, -0.1) is 0 Å². The zero-order valence-corrected chi connectivity index (χ0v) is 12.3. The molecule has 0 saturated heterocycles. The van der Waals surface area contributed by atoms with Crippen LogP contribution in [-0.2, 0) is 20.7 Å². The summed E-state index contributed by atoms with van der Waals surface area (Å²) in [6.07, 6.45) is 1.48. The summed E-state index contributed by atoms with van der Waals surface area (Å²) in [4.78, 5) is 24.0. The molecule has 20 heavy (non-hydrogen) atoms. The van der Waals surface area contributed by atoms with E-state index >= 15 is 0 Å². The van der Waals surface area contributed by atoms with Crippen molar-refractivity contribution in [2.45, 2.75) is 33.1 Å². The van der Waals surface area contributed by atoms with Crippen LogP contribution in [0.5, 0.6) is 5.75 Å². The second kappa shape index (κ2) is 8.35. The van der Waals surface area contributed by atoms with Gasteiger partial charge in [0.25, 0.3) is 0 Å². The average molecular weight is 278 g/mol. The Labute approximate surface area is 120 Å². The molecular formula is C16H22O4. The molecule has 0 unspecified atom stereocenters. The molecule has 1 aromatic rings. The highest BCUT2D eigenvalue weighted by atomic mass is 16.5. The van der Waals surface area contributed by atoms with Crippen LogP contribution in [0, 0.1) is 5.92 Å². The molecule has 1 atom stereocenters. The first-order chi connectivity index (χ1) is 9.62. The van der Waals surface area contributed by atoms with Crippen LogP contribution >= 0.6 is 0 Å². The van der Waals surface area contributed by atoms with Crippen LogP contribution in [0.2, 0.25) is 0 Å². The lowest BCUT2D eigenvalue weighted by molar-refractivity contribution is -0.151. The van der Waals surface area contributed by atoms with E-state index in [-0.39, 0.29) is 12.4 Å². The number of rotatable bonds is 8. The molecule has 0 radical (unpaired) electrons. The molecule has 0 aliphatic rings. The van der Waals surface area contributed by atoms with Gasteiger partial charge in [0.2, 0.25) is 0 Å². The fourth-order valence-electron chi connectivity index (χ4n) is 2.03. The lowest BCUT2D eigenvalue weighted by Crippen LogP contribution is -2.28. The molecule has 0 saturated carbocycles. The number of ether oxygens (including phenoxy) is 2. The van der Waals surface area contributed by atoms with Gasteiger partial charge in [0, 0.05) is 6.42 Å². The minimum atomic E-state index is -0.720. The summed E-state index contributed by atoms with van der Waals surface area (Å²) in [6, 6.07) is 7.40. The monoisotopic (exact) mass is 278 g/mol. The van der Waals surface area contributed by atoms with E-state index in [1.165, 1.54) is 0 Å². The molecule has 0 N–H and O–H groups in total. The number of carbonyl (C=O) groups is 2. The van der Waals surface area contributed by atoms with Gasteiger partial charge < -0.3 is 9.47 Å². The van der Waals surface area contributed by atoms with Crippen molar-refractivity contribution in [1.29, 1.82) is 0 Å². The molecule has 0 heterocycles. The Morgan fingerprint density at radius 3 is 2.60 bits per heavy atom. The van der Waals surface area contributed by atoms with Gasteiger partial charge in [0.15, 0.2) is 0 Å². The molecule has 0 spiro atoms. The van der Waals surface area contributed by atoms with Crippen LogP contribution in [0.4, 0.5) is 0 Å². The first kappa shape index (κ1) is 16.2. The number of Topliss-reactive ketones (excluding diaryl/α,β-unsaturated/α-hetero) is 1. The lowest BCUT2D eigenvalue weighted by atomic mass is 9.93. The topological polar surface area (TPSA) is 52.6 Å². The predicted molar refractivity (Wildman–Crippen MR) is 76.7 cm³/mol. The third-order valence-electron chi connectivity index (χ3n) is 3.03. The molecule has 4 nitrogen and oxygen atoms in total. The SMILES string of the molecule is CCCC(=O)[C@@H](Cc1cccc(OC)c1)C(=O)OCC. The van der Waals surface area contributed by atoms with E-state index < -0.39 is 11.9 Å². The quantitative estimate of drug-likeness (QED) is 0.542. The van der Waals surface area contributed by atoms with Crippen molar-refractivity contribution in [2.24, 2.45) is 5.92 Å². The summed E-state index contributed by atoms with van der Waals surface area (Å²) >= 11 is 0. The molecule has 0 aromatic heterocycles. The second-order valence-electron chi connectivity index (χ2n) is 4.58.